The summed E-state index contributed by atoms with van der Waals surface area (Å²) in [5.74, 6) is -1.38. The fraction of sp³-hybridized carbons (Fsp3) is 0.686. The molecule has 7 nitrogen and oxygen atoms in total. The van der Waals surface area contributed by atoms with Gasteiger partial charge in [0.25, 0.3) is 0 Å². The minimum atomic E-state index is -1.02. The quantitative estimate of drug-likeness (QED) is 0.0483. The van der Waals surface area contributed by atoms with Gasteiger partial charge < -0.3 is 20.9 Å². The fourth-order valence-electron chi connectivity index (χ4n) is 4.36. The van der Waals surface area contributed by atoms with Gasteiger partial charge in [-0.2, -0.15) is 0 Å². The lowest BCUT2D eigenvalue weighted by atomic mass is 10.1. The number of ether oxygens (including phenoxy) is 1. The maximum absolute atomic E-state index is 12.5. The normalized spacial score (nSPS) is 13.4. The Morgan fingerprint density at radius 3 is 2.07 bits per heavy atom. The molecule has 2 atom stereocenters. The van der Waals surface area contributed by atoms with Crippen LogP contribution in [-0.4, -0.2) is 41.6 Å². The van der Waals surface area contributed by atoms with Crippen LogP contribution in [0, 0.1) is 0 Å². The largest absolute Gasteiger partial charge is 0.480 e. The van der Waals surface area contributed by atoms with E-state index in [-0.39, 0.29) is 18.0 Å². The summed E-state index contributed by atoms with van der Waals surface area (Å²) < 4.78 is 5.80. The number of esters is 1. The van der Waals surface area contributed by atoms with Gasteiger partial charge in [-0.05, 0) is 89.7 Å². The Kier molecular flexibility index (Phi) is 27.9. The van der Waals surface area contributed by atoms with E-state index in [1.807, 2.05) is 6.08 Å². The second-order valence-electron chi connectivity index (χ2n) is 10.8. The van der Waals surface area contributed by atoms with Crippen molar-refractivity contribution in [2.45, 2.75) is 148 Å². The lowest BCUT2D eigenvalue weighted by Crippen LogP contribution is -2.40. The summed E-state index contributed by atoms with van der Waals surface area (Å²) in [5, 5.41) is 11.8. The standard InChI is InChI=1S/C35H60N2O5/c1-3-5-7-9-10-11-12-13-14-15-16-17-23-29-34(39)42-31(25-20-8-6-4-2)26-21-18-19-22-28-33(38)37-32(35(40)41)27-24-30-36/h5,7,10-11,13-14,20,25,31-32H,3-4,6,8-9,12,15-19,21-24,26-30,36H2,1-2H3,(H,37,38)(H,40,41)/b7-5-,11-10-,14-13-,25-20-. The molecule has 0 aliphatic rings. The van der Waals surface area contributed by atoms with Crippen LogP contribution < -0.4 is 11.1 Å². The summed E-state index contributed by atoms with van der Waals surface area (Å²) in [6.07, 6.45) is 33.3. The Morgan fingerprint density at radius 2 is 1.38 bits per heavy atom. The first-order valence-electron chi connectivity index (χ1n) is 16.5. The van der Waals surface area contributed by atoms with Crippen LogP contribution in [0.2, 0.25) is 0 Å². The van der Waals surface area contributed by atoms with E-state index in [0.717, 1.165) is 89.9 Å². The van der Waals surface area contributed by atoms with Gasteiger partial charge in [0.05, 0.1) is 0 Å². The Balaban J connectivity index is 4.22. The number of nitrogens with one attached hydrogen (secondary N) is 1. The smallest absolute Gasteiger partial charge is 0.326 e. The van der Waals surface area contributed by atoms with Gasteiger partial charge >= 0.3 is 11.9 Å². The molecule has 42 heavy (non-hydrogen) atoms. The SMILES string of the molecule is CC/C=C\C/C=C\C/C=C\CCCCCC(=O)OC(/C=C\CCCC)CCCCCCC(=O)NC(CCCN)C(=O)O. The van der Waals surface area contributed by atoms with E-state index >= 15 is 0 Å². The van der Waals surface area contributed by atoms with Gasteiger partial charge in [-0.1, -0.05) is 88.5 Å². The van der Waals surface area contributed by atoms with Crippen molar-refractivity contribution < 1.29 is 24.2 Å². The molecule has 0 spiro atoms. The van der Waals surface area contributed by atoms with E-state index in [2.05, 4.69) is 61.7 Å². The molecule has 0 bridgehead atoms. The van der Waals surface area contributed by atoms with E-state index in [0.29, 0.717) is 38.6 Å². The number of carbonyl (C=O) groups excluding carboxylic acids is 2. The van der Waals surface area contributed by atoms with Crippen molar-refractivity contribution >= 4 is 17.8 Å². The van der Waals surface area contributed by atoms with Crippen molar-refractivity contribution in [2.75, 3.05) is 6.54 Å². The maximum Gasteiger partial charge on any atom is 0.326 e. The van der Waals surface area contributed by atoms with E-state index in [1.54, 1.807) is 0 Å². The minimum absolute atomic E-state index is 0.128. The molecule has 7 heteroatoms. The molecule has 240 valence electrons. The number of rotatable bonds is 28. The van der Waals surface area contributed by atoms with Crippen molar-refractivity contribution in [3.63, 3.8) is 0 Å². The van der Waals surface area contributed by atoms with E-state index in [1.165, 1.54) is 0 Å². The molecule has 0 aliphatic heterocycles. The van der Waals surface area contributed by atoms with E-state index in [4.69, 9.17) is 10.5 Å². The number of aliphatic carboxylic acids is 1. The summed E-state index contributed by atoms with van der Waals surface area (Å²) in [7, 11) is 0. The van der Waals surface area contributed by atoms with Gasteiger partial charge in [-0.3, -0.25) is 9.59 Å². The number of carbonyl (C=O) groups is 3. The predicted octanol–water partition coefficient (Wildman–Crippen LogP) is 8.10. The molecule has 0 rings (SSSR count). The van der Waals surface area contributed by atoms with Crippen LogP contribution in [-0.2, 0) is 19.1 Å². The summed E-state index contributed by atoms with van der Waals surface area (Å²) in [5.41, 5.74) is 5.45. The zero-order chi connectivity index (χ0) is 31.1. The molecule has 2 unspecified atom stereocenters. The number of carboxylic acids is 1. The Morgan fingerprint density at radius 1 is 0.738 bits per heavy atom. The second-order valence-corrected chi connectivity index (χ2v) is 10.8. The van der Waals surface area contributed by atoms with Crippen LogP contribution in [0.1, 0.15) is 136 Å². The molecular formula is C35H60N2O5. The highest BCUT2D eigenvalue weighted by molar-refractivity contribution is 5.83. The molecule has 0 aliphatic carbocycles. The van der Waals surface area contributed by atoms with E-state index < -0.39 is 12.0 Å². The third-order valence-corrected chi connectivity index (χ3v) is 6.86. The van der Waals surface area contributed by atoms with Gasteiger partial charge in [0.1, 0.15) is 12.1 Å². The lowest BCUT2D eigenvalue weighted by Gasteiger charge is -2.15. The zero-order valence-corrected chi connectivity index (χ0v) is 26.6. The molecule has 0 heterocycles. The number of nitrogens with two attached hydrogens (primary N) is 1. The lowest BCUT2D eigenvalue weighted by molar-refractivity contribution is -0.147. The summed E-state index contributed by atoms with van der Waals surface area (Å²) in [6, 6.07) is -0.872. The van der Waals surface area contributed by atoms with Crippen molar-refractivity contribution in [2.24, 2.45) is 5.73 Å². The fourth-order valence-corrected chi connectivity index (χ4v) is 4.36. The van der Waals surface area contributed by atoms with Gasteiger partial charge in [0, 0.05) is 12.8 Å². The van der Waals surface area contributed by atoms with Crippen molar-refractivity contribution in [3.05, 3.63) is 48.6 Å². The number of hydrogen-bond acceptors (Lipinski definition) is 5. The average molecular weight is 589 g/mol. The Labute approximate surface area is 256 Å². The summed E-state index contributed by atoms with van der Waals surface area (Å²) in [4.78, 5) is 35.9. The molecule has 0 fully saturated rings. The van der Waals surface area contributed by atoms with Crippen molar-refractivity contribution in [1.82, 2.24) is 5.32 Å². The molecule has 0 radical (unpaired) electrons. The highest BCUT2D eigenvalue weighted by atomic mass is 16.5. The highest BCUT2D eigenvalue weighted by Gasteiger charge is 2.18. The van der Waals surface area contributed by atoms with Crippen LogP contribution in [0.25, 0.3) is 0 Å². The van der Waals surface area contributed by atoms with Crippen LogP contribution in [0.15, 0.2) is 48.6 Å². The molecule has 4 N–H and O–H groups in total. The minimum Gasteiger partial charge on any atom is -0.480 e. The number of amides is 1. The highest BCUT2D eigenvalue weighted by Crippen LogP contribution is 2.14. The van der Waals surface area contributed by atoms with Gasteiger partial charge in [-0.15, -0.1) is 0 Å². The van der Waals surface area contributed by atoms with Gasteiger partial charge in [-0.25, -0.2) is 4.79 Å². The molecule has 0 aromatic rings. The maximum atomic E-state index is 12.5. The first kappa shape index (κ1) is 39.3. The first-order valence-corrected chi connectivity index (χ1v) is 16.5. The molecule has 0 saturated carbocycles. The third-order valence-electron chi connectivity index (χ3n) is 6.86. The molecule has 0 aromatic heterocycles. The zero-order valence-electron chi connectivity index (χ0n) is 26.6. The number of unbranched alkanes of at least 4 members (excludes halogenated alkanes) is 8. The van der Waals surface area contributed by atoms with E-state index in [9.17, 15) is 19.5 Å². The van der Waals surface area contributed by atoms with Crippen LogP contribution in [0.5, 0.6) is 0 Å². The molecule has 0 aromatic carbocycles. The van der Waals surface area contributed by atoms with Crippen molar-refractivity contribution in [1.29, 1.82) is 0 Å². The number of hydrogen-bond donors (Lipinski definition) is 3. The van der Waals surface area contributed by atoms with Gasteiger partial charge in [0.15, 0.2) is 0 Å². The van der Waals surface area contributed by atoms with Crippen LogP contribution in [0.4, 0.5) is 0 Å². The monoisotopic (exact) mass is 588 g/mol. The molecular weight excluding hydrogens is 528 g/mol. The second kappa shape index (κ2) is 29.8. The average Bonchev–Trinajstić information content (AvgIpc) is 2.97. The van der Waals surface area contributed by atoms with Crippen LogP contribution in [0.3, 0.4) is 0 Å². The predicted molar refractivity (Wildman–Crippen MR) is 174 cm³/mol. The number of carboxylic acid groups (broad SMARTS) is 1. The molecule has 0 saturated heterocycles. The topological polar surface area (TPSA) is 119 Å². The van der Waals surface area contributed by atoms with Crippen molar-refractivity contribution in [3.8, 4) is 0 Å². The first-order chi connectivity index (χ1) is 20.4. The van der Waals surface area contributed by atoms with Gasteiger partial charge in [0.2, 0.25) is 5.91 Å². The number of allylic oxidation sites excluding steroid dienone is 7. The third kappa shape index (κ3) is 26.2. The summed E-state index contributed by atoms with van der Waals surface area (Å²) >= 11 is 0. The summed E-state index contributed by atoms with van der Waals surface area (Å²) in [6.45, 7) is 4.70. The Hall–Kier alpha value is -2.67. The Bertz CT molecular complexity index is 803. The van der Waals surface area contributed by atoms with Crippen LogP contribution >= 0.6 is 0 Å². The molecule has 1 amide bonds.